The average Bonchev–Trinajstić information content (AvgIpc) is 2.81. The second kappa shape index (κ2) is 5.94. The lowest BCUT2D eigenvalue weighted by atomic mass is 10.0. The maximum Gasteiger partial charge on any atom is 0.303 e. The van der Waals surface area contributed by atoms with Gasteiger partial charge in [-0.1, -0.05) is 12.8 Å². The molecule has 1 heterocycles. The Balaban J connectivity index is 2.03. The van der Waals surface area contributed by atoms with Crippen LogP contribution >= 0.6 is 0 Å². The summed E-state index contributed by atoms with van der Waals surface area (Å²) < 4.78 is 0. The molecule has 0 atom stereocenters. The summed E-state index contributed by atoms with van der Waals surface area (Å²) in [6.07, 6.45) is 6.51. The van der Waals surface area contributed by atoms with Gasteiger partial charge in [0.15, 0.2) is 0 Å². The van der Waals surface area contributed by atoms with Gasteiger partial charge in [-0.05, 0) is 32.3 Å². The van der Waals surface area contributed by atoms with Crippen molar-refractivity contribution in [1.29, 1.82) is 0 Å². The molecule has 1 aliphatic rings. The summed E-state index contributed by atoms with van der Waals surface area (Å²) >= 11 is 0. The van der Waals surface area contributed by atoms with Gasteiger partial charge >= 0.3 is 5.97 Å². The molecule has 1 N–H and O–H groups in total. The second-order valence-corrected chi connectivity index (χ2v) is 5.08. The topological polar surface area (TPSA) is 63.1 Å². The molecule has 0 amide bonds. The predicted octanol–water partition coefficient (Wildman–Crippen LogP) is 2.85. The molecular formula is C14H20N2O2. The molecule has 1 saturated carbocycles. The van der Waals surface area contributed by atoms with Crippen molar-refractivity contribution in [2.45, 2.75) is 57.8 Å². The lowest BCUT2D eigenvalue weighted by Crippen LogP contribution is -2.05. The number of carboxylic acid groups (broad SMARTS) is 1. The summed E-state index contributed by atoms with van der Waals surface area (Å²) in [4.78, 5) is 19.5. The largest absolute Gasteiger partial charge is 0.481 e. The Kier molecular flexibility index (Phi) is 4.28. The van der Waals surface area contributed by atoms with Gasteiger partial charge in [0.25, 0.3) is 0 Å². The number of aliphatic carboxylic acids is 1. The van der Waals surface area contributed by atoms with Gasteiger partial charge in [0.05, 0.1) is 0 Å². The molecule has 0 aliphatic heterocycles. The molecule has 2 rings (SSSR count). The maximum absolute atomic E-state index is 10.5. The smallest absolute Gasteiger partial charge is 0.303 e. The number of hydrogen-bond donors (Lipinski definition) is 1. The molecule has 4 heteroatoms. The molecule has 0 unspecified atom stereocenters. The first kappa shape index (κ1) is 13.0. The van der Waals surface area contributed by atoms with Crippen molar-refractivity contribution in [3.05, 3.63) is 23.3 Å². The molecular weight excluding hydrogens is 228 g/mol. The highest BCUT2D eigenvalue weighted by Gasteiger charge is 2.19. The fourth-order valence-electron chi connectivity index (χ4n) is 2.60. The van der Waals surface area contributed by atoms with Gasteiger partial charge in [-0.2, -0.15) is 0 Å². The van der Waals surface area contributed by atoms with Crippen LogP contribution in [-0.2, 0) is 11.2 Å². The molecule has 18 heavy (non-hydrogen) atoms. The van der Waals surface area contributed by atoms with E-state index in [2.05, 4.69) is 16.0 Å². The van der Waals surface area contributed by atoms with Gasteiger partial charge in [-0.25, -0.2) is 9.97 Å². The van der Waals surface area contributed by atoms with Gasteiger partial charge in [-0.3, -0.25) is 4.79 Å². The molecule has 1 aromatic heterocycles. The Morgan fingerprint density at radius 3 is 2.78 bits per heavy atom. The van der Waals surface area contributed by atoms with Crippen LogP contribution in [-0.4, -0.2) is 21.0 Å². The van der Waals surface area contributed by atoms with E-state index in [4.69, 9.17) is 5.11 Å². The minimum Gasteiger partial charge on any atom is -0.481 e. The van der Waals surface area contributed by atoms with Crippen molar-refractivity contribution in [1.82, 2.24) is 9.97 Å². The van der Waals surface area contributed by atoms with E-state index in [1.807, 2.05) is 6.92 Å². The number of aryl methyl sites for hydroxylation is 2. The highest BCUT2D eigenvalue weighted by Crippen LogP contribution is 2.33. The molecule has 1 aromatic rings. The first-order valence-corrected chi connectivity index (χ1v) is 6.71. The van der Waals surface area contributed by atoms with Crippen LogP contribution in [0.25, 0.3) is 0 Å². The van der Waals surface area contributed by atoms with E-state index >= 15 is 0 Å². The van der Waals surface area contributed by atoms with E-state index in [1.165, 1.54) is 25.7 Å². The van der Waals surface area contributed by atoms with Gasteiger partial charge in [0.2, 0.25) is 0 Å². The van der Waals surface area contributed by atoms with Crippen molar-refractivity contribution in [2.24, 2.45) is 0 Å². The zero-order valence-electron chi connectivity index (χ0n) is 10.9. The highest BCUT2D eigenvalue weighted by atomic mass is 16.4. The van der Waals surface area contributed by atoms with Crippen molar-refractivity contribution in [3.63, 3.8) is 0 Å². The van der Waals surface area contributed by atoms with E-state index in [-0.39, 0.29) is 6.42 Å². The third-order valence-electron chi connectivity index (χ3n) is 3.48. The zero-order valence-corrected chi connectivity index (χ0v) is 10.9. The summed E-state index contributed by atoms with van der Waals surface area (Å²) in [5.41, 5.74) is 2.16. The highest BCUT2D eigenvalue weighted by molar-refractivity contribution is 5.66. The van der Waals surface area contributed by atoms with Crippen LogP contribution in [0.4, 0.5) is 0 Å². The maximum atomic E-state index is 10.5. The Hall–Kier alpha value is -1.45. The lowest BCUT2D eigenvalue weighted by Gasteiger charge is -2.11. The normalized spacial score (nSPS) is 16.1. The van der Waals surface area contributed by atoms with Crippen molar-refractivity contribution in [3.8, 4) is 0 Å². The van der Waals surface area contributed by atoms with E-state index in [0.29, 0.717) is 18.8 Å². The SMILES string of the molecule is Cc1cc(C2CCCC2)nc(CCCC(=O)O)n1. The first-order valence-electron chi connectivity index (χ1n) is 6.71. The third kappa shape index (κ3) is 3.52. The standard InChI is InChI=1S/C14H20N2O2/c1-10-9-12(11-5-2-3-6-11)16-13(15-10)7-4-8-14(17)18/h9,11H,2-8H2,1H3,(H,17,18). The quantitative estimate of drug-likeness (QED) is 0.870. The van der Waals surface area contributed by atoms with Crippen molar-refractivity contribution in [2.75, 3.05) is 0 Å². The number of nitrogens with zero attached hydrogens (tertiary/aromatic N) is 2. The molecule has 4 nitrogen and oxygen atoms in total. The number of carbonyl (C=O) groups is 1. The van der Waals surface area contributed by atoms with Crippen LogP contribution in [0.3, 0.4) is 0 Å². The number of rotatable bonds is 5. The van der Waals surface area contributed by atoms with Crippen LogP contribution in [0.5, 0.6) is 0 Å². The fourth-order valence-corrected chi connectivity index (χ4v) is 2.60. The van der Waals surface area contributed by atoms with E-state index < -0.39 is 5.97 Å². The first-order chi connectivity index (χ1) is 8.65. The fraction of sp³-hybridized carbons (Fsp3) is 0.643. The summed E-state index contributed by atoms with van der Waals surface area (Å²) in [5, 5.41) is 8.63. The number of carboxylic acids is 1. The summed E-state index contributed by atoms with van der Waals surface area (Å²) in [6, 6.07) is 2.08. The van der Waals surface area contributed by atoms with E-state index in [1.54, 1.807) is 0 Å². The van der Waals surface area contributed by atoms with Crippen LogP contribution in [0.2, 0.25) is 0 Å². The summed E-state index contributed by atoms with van der Waals surface area (Å²) in [7, 11) is 0. The second-order valence-electron chi connectivity index (χ2n) is 5.08. The van der Waals surface area contributed by atoms with Crippen LogP contribution in [0, 0.1) is 6.92 Å². The third-order valence-corrected chi connectivity index (χ3v) is 3.48. The molecule has 0 bridgehead atoms. The summed E-state index contributed by atoms with van der Waals surface area (Å²) in [6.45, 7) is 1.99. The Morgan fingerprint density at radius 2 is 2.11 bits per heavy atom. The molecule has 0 aromatic carbocycles. The molecule has 0 spiro atoms. The Labute approximate surface area is 107 Å². The Morgan fingerprint density at radius 1 is 1.39 bits per heavy atom. The molecule has 0 saturated heterocycles. The molecule has 98 valence electrons. The minimum absolute atomic E-state index is 0.191. The van der Waals surface area contributed by atoms with E-state index in [9.17, 15) is 4.79 Å². The molecule has 1 aliphatic carbocycles. The van der Waals surface area contributed by atoms with Gasteiger partial charge in [-0.15, -0.1) is 0 Å². The van der Waals surface area contributed by atoms with Crippen molar-refractivity contribution >= 4 is 5.97 Å². The van der Waals surface area contributed by atoms with E-state index in [0.717, 1.165) is 17.2 Å². The number of hydrogen-bond acceptors (Lipinski definition) is 3. The van der Waals surface area contributed by atoms with Crippen LogP contribution in [0.1, 0.15) is 61.7 Å². The van der Waals surface area contributed by atoms with Crippen LogP contribution < -0.4 is 0 Å². The monoisotopic (exact) mass is 248 g/mol. The minimum atomic E-state index is -0.751. The van der Waals surface area contributed by atoms with Crippen LogP contribution in [0.15, 0.2) is 6.07 Å². The molecule has 1 fully saturated rings. The number of aromatic nitrogens is 2. The van der Waals surface area contributed by atoms with Gasteiger partial charge < -0.3 is 5.11 Å². The van der Waals surface area contributed by atoms with Crippen molar-refractivity contribution < 1.29 is 9.90 Å². The Bertz CT molecular complexity index is 426. The van der Waals surface area contributed by atoms with Gasteiger partial charge in [0, 0.05) is 30.1 Å². The summed E-state index contributed by atoms with van der Waals surface area (Å²) in [5.74, 6) is 0.641. The molecule has 0 radical (unpaired) electrons. The van der Waals surface area contributed by atoms with Gasteiger partial charge in [0.1, 0.15) is 5.82 Å². The zero-order chi connectivity index (χ0) is 13.0. The average molecular weight is 248 g/mol. The predicted molar refractivity (Wildman–Crippen MR) is 68.6 cm³/mol. The lowest BCUT2D eigenvalue weighted by molar-refractivity contribution is -0.137.